The molecule has 0 aliphatic carbocycles. The van der Waals surface area contributed by atoms with E-state index >= 15 is 0 Å². The molecule has 1 saturated heterocycles. The van der Waals surface area contributed by atoms with Gasteiger partial charge in [0.2, 0.25) is 0 Å². The summed E-state index contributed by atoms with van der Waals surface area (Å²) in [5, 5.41) is 13.1. The molecular formula is C21H26F4N4O3S. The maximum atomic E-state index is 14.6. The fraction of sp³-hybridized carbons (Fsp3) is 0.429. The predicted molar refractivity (Wildman–Crippen MR) is 116 cm³/mol. The molecule has 0 radical (unpaired) electrons. The van der Waals surface area contributed by atoms with Gasteiger partial charge in [-0.3, -0.25) is 4.90 Å². The Labute approximate surface area is 190 Å². The van der Waals surface area contributed by atoms with E-state index in [2.05, 4.69) is 10.0 Å². The second-order valence-corrected chi connectivity index (χ2v) is 9.88. The minimum Gasteiger partial charge on any atom is -0.361 e. The van der Waals surface area contributed by atoms with Gasteiger partial charge in [-0.05, 0) is 43.5 Å². The summed E-state index contributed by atoms with van der Waals surface area (Å²) < 4.78 is 85.6. The zero-order valence-corrected chi connectivity index (χ0v) is 19.0. The number of nitrogens with one attached hydrogen (secondary N) is 2. The van der Waals surface area contributed by atoms with Crippen LogP contribution in [0, 0.1) is 23.3 Å². The molecule has 1 aliphatic rings. The lowest BCUT2D eigenvalue weighted by Gasteiger charge is -2.29. The Hall–Kier alpha value is -2.25. The fourth-order valence-corrected chi connectivity index (χ4v) is 4.56. The minimum absolute atomic E-state index is 0.231. The summed E-state index contributed by atoms with van der Waals surface area (Å²) in [6.45, 7) is 0.559. The van der Waals surface area contributed by atoms with Crippen LogP contribution < -0.4 is 10.0 Å². The van der Waals surface area contributed by atoms with Gasteiger partial charge in [-0.2, -0.15) is 17.4 Å². The Bertz CT molecular complexity index is 1080. The normalized spacial score (nSPS) is 18.8. The van der Waals surface area contributed by atoms with Gasteiger partial charge in [0.05, 0.1) is 11.3 Å². The molecule has 2 aromatic rings. The lowest BCUT2D eigenvalue weighted by molar-refractivity contribution is 0.0283. The van der Waals surface area contributed by atoms with E-state index in [1.165, 1.54) is 19.0 Å². The number of benzene rings is 2. The van der Waals surface area contributed by atoms with Gasteiger partial charge in [0.25, 0.3) is 10.2 Å². The third-order valence-corrected chi connectivity index (χ3v) is 7.09. The average molecular weight is 491 g/mol. The first-order valence-corrected chi connectivity index (χ1v) is 11.8. The molecule has 0 bridgehead atoms. The molecule has 2 aromatic carbocycles. The monoisotopic (exact) mass is 490 g/mol. The Kier molecular flexibility index (Phi) is 7.96. The highest BCUT2D eigenvalue weighted by Gasteiger charge is 2.28. The Morgan fingerprint density at radius 1 is 0.970 bits per heavy atom. The summed E-state index contributed by atoms with van der Waals surface area (Å²) in [6, 6.07) is 4.12. The molecule has 1 aliphatic heterocycles. The zero-order chi connectivity index (χ0) is 24.3. The summed E-state index contributed by atoms with van der Waals surface area (Å²) in [4.78, 5) is 1.51. The van der Waals surface area contributed by atoms with E-state index < -0.39 is 56.6 Å². The lowest BCUT2D eigenvalue weighted by Crippen LogP contribution is -2.44. The van der Waals surface area contributed by atoms with Crippen LogP contribution in [0.3, 0.4) is 0 Å². The maximum absolute atomic E-state index is 14.6. The Balaban J connectivity index is 1.81. The van der Waals surface area contributed by atoms with Crippen molar-refractivity contribution in [3.63, 3.8) is 0 Å². The third kappa shape index (κ3) is 5.82. The number of aliphatic hydroxyl groups excluding tert-OH is 1. The van der Waals surface area contributed by atoms with Crippen LogP contribution in [0.1, 0.15) is 19.3 Å². The van der Waals surface area contributed by atoms with Crippen LogP contribution in [-0.4, -0.2) is 62.3 Å². The number of likely N-dealkylation sites (tertiary alicyclic amines) is 1. The summed E-state index contributed by atoms with van der Waals surface area (Å²) in [7, 11) is -0.820. The summed E-state index contributed by atoms with van der Waals surface area (Å²) in [5.41, 5.74) is -2.00. The predicted octanol–water partition coefficient (Wildman–Crippen LogP) is 2.85. The van der Waals surface area contributed by atoms with E-state index in [0.29, 0.717) is 25.8 Å². The smallest absolute Gasteiger partial charge is 0.279 e. The SMILES string of the molecule is CN(C)S(=O)(=O)N[C@H]1CCCN(C(O)Nc2c(F)ccc(F)c2-c2c(F)cccc2F)CC1. The van der Waals surface area contributed by atoms with Crippen LogP contribution in [0.15, 0.2) is 30.3 Å². The van der Waals surface area contributed by atoms with E-state index in [1.54, 1.807) is 0 Å². The van der Waals surface area contributed by atoms with Crippen LogP contribution in [0.4, 0.5) is 23.2 Å². The van der Waals surface area contributed by atoms with Crippen molar-refractivity contribution in [2.45, 2.75) is 31.7 Å². The molecule has 1 unspecified atom stereocenters. The Morgan fingerprint density at radius 3 is 2.21 bits per heavy atom. The third-order valence-electron chi connectivity index (χ3n) is 5.49. The van der Waals surface area contributed by atoms with Crippen molar-refractivity contribution in [1.82, 2.24) is 13.9 Å². The van der Waals surface area contributed by atoms with Crippen LogP contribution in [0.25, 0.3) is 11.1 Å². The summed E-state index contributed by atoms with van der Waals surface area (Å²) >= 11 is 0. The molecule has 3 rings (SSSR count). The lowest BCUT2D eigenvalue weighted by atomic mass is 10.0. The van der Waals surface area contributed by atoms with Crippen LogP contribution >= 0.6 is 0 Å². The van der Waals surface area contributed by atoms with Gasteiger partial charge in [0, 0.05) is 38.8 Å². The van der Waals surface area contributed by atoms with Crippen molar-refractivity contribution in [2.24, 2.45) is 0 Å². The number of halogens is 4. The largest absolute Gasteiger partial charge is 0.361 e. The van der Waals surface area contributed by atoms with E-state index in [4.69, 9.17) is 0 Å². The molecule has 0 amide bonds. The molecule has 0 saturated carbocycles. The molecule has 1 heterocycles. The standard InChI is InChI=1S/C21H26F4N4O3S/c1-28(2)33(31,32)27-13-5-4-11-29(12-10-13)21(30)26-20-17(25)9-8-16(24)19(20)18-14(22)6-3-7-15(18)23/h3,6-9,13,21,26-27,30H,4-5,10-12H2,1-2H3/t13-,21?/m0/s1. The molecule has 3 N–H and O–H groups in total. The van der Waals surface area contributed by atoms with Crippen molar-refractivity contribution in [1.29, 1.82) is 0 Å². The van der Waals surface area contributed by atoms with Crippen molar-refractivity contribution in [2.75, 3.05) is 32.5 Å². The van der Waals surface area contributed by atoms with Crippen LogP contribution in [0.2, 0.25) is 0 Å². The molecule has 33 heavy (non-hydrogen) atoms. The van der Waals surface area contributed by atoms with Gasteiger partial charge < -0.3 is 10.4 Å². The molecular weight excluding hydrogens is 464 g/mol. The molecule has 1 fully saturated rings. The molecule has 182 valence electrons. The fourth-order valence-electron chi connectivity index (χ4n) is 3.69. The van der Waals surface area contributed by atoms with Crippen molar-refractivity contribution in [3.05, 3.63) is 53.6 Å². The first-order valence-electron chi connectivity index (χ1n) is 10.3. The average Bonchev–Trinajstić information content (AvgIpc) is 2.97. The van der Waals surface area contributed by atoms with Gasteiger partial charge in [-0.25, -0.2) is 17.6 Å². The van der Waals surface area contributed by atoms with Gasteiger partial charge in [-0.1, -0.05) is 6.07 Å². The van der Waals surface area contributed by atoms with Gasteiger partial charge in [-0.15, -0.1) is 0 Å². The summed E-state index contributed by atoms with van der Waals surface area (Å²) in [6.07, 6.45) is -0.137. The van der Waals surface area contributed by atoms with Crippen molar-refractivity contribution < 1.29 is 31.1 Å². The van der Waals surface area contributed by atoms with Crippen molar-refractivity contribution in [3.8, 4) is 11.1 Å². The zero-order valence-electron chi connectivity index (χ0n) is 18.2. The van der Waals surface area contributed by atoms with Crippen molar-refractivity contribution >= 4 is 15.9 Å². The molecule has 12 heteroatoms. The van der Waals surface area contributed by atoms with E-state index in [1.807, 2.05) is 0 Å². The highest BCUT2D eigenvalue weighted by Crippen LogP contribution is 2.36. The van der Waals surface area contributed by atoms with E-state index in [0.717, 1.165) is 34.6 Å². The number of hydrogen-bond donors (Lipinski definition) is 3. The topological polar surface area (TPSA) is 84.9 Å². The second-order valence-electron chi connectivity index (χ2n) is 7.96. The van der Waals surface area contributed by atoms with Gasteiger partial charge >= 0.3 is 0 Å². The van der Waals surface area contributed by atoms with Crippen LogP contribution in [0.5, 0.6) is 0 Å². The quantitative estimate of drug-likeness (QED) is 0.411. The van der Waals surface area contributed by atoms with E-state index in [-0.39, 0.29) is 12.6 Å². The highest BCUT2D eigenvalue weighted by molar-refractivity contribution is 7.87. The second kappa shape index (κ2) is 10.3. The molecule has 0 spiro atoms. The van der Waals surface area contributed by atoms with E-state index in [9.17, 15) is 31.1 Å². The number of nitrogens with zero attached hydrogens (tertiary/aromatic N) is 2. The number of rotatable bonds is 7. The molecule has 0 aromatic heterocycles. The van der Waals surface area contributed by atoms with Crippen LogP contribution in [-0.2, 0) is 10.2 Å². The number of aliphatic hydroxyl groups is 1. The maximum Gasteiger partial charge on any atom is 0.279 e. The first-order chi connectivity index (χ1) is 15.5. The minimum atomic E-state index is -3.63. The number of anilines is 1. The van der Waals surface area contributed by atoms with Gasteiger partial charge in [0.1, 0.15) is 23.3 Å². The number of hydrogen-bond acceptors (Lipinski definition) is 5. The first kappa shape index (κ1) is 25.4. The molecule has 7 nitrogen and oxygen atoms in total. The Morgan fingerprint density at radius 2 is 1.58 bits per heavy atom. The highest BCUT2D eigenvalue weighted by atomic mass is 32.2. The summed E-state index contributed by atoms with van der Waals surface area (Å²) in [5.74, 6) is -4.23. The van der Waals surface area contributed by atoms with Gasteiger partial charge in [0.15, 0.2) is 6.35 Å². The molecule has 2 atom stereocenters.